The molecule has 0 fully saturated rings. The van der Waals surface area contributed by atoms with Crippen molar-refractivity contribution < 1.29 is 14.6 Å². The molecule has 0 aromatic heterocycles. The van der Waals surface area contributed by atoms with Gasteiger partial charge < -0.3 is 15.2 Å². The van der Waals surface area contributed by atoms with Crippen molar-refractivity contribution in [1.29, 1.82) is 0 Å². The van der Waals surface area contributed by atoms with Gasteiger partial charge in [0.1, 0.15) is 0 Å². The van der Waals surface area contributed by atoms with E-state index in [1.165, 1.54) is 20.0 Å². The van der Waals surface area contributed by atoms with Crippen LogP contribution in [-0.4, -0.2) is 31.0 Å². The van der Waals surface area contributed by atoms with Crippen LogP contribution in [0.1, 0.15) is 39.0 Å². The number of nitrogens with one attached hydrogen (secondary N) is 1. The first-order chi connectivity index (χ1) is 6.70. The Morgan fingerprint density at radius 2 is 2.14 bits per heavy atom. The molecule has 2 N–H and O–H groups in total. The minimum absolute atomic E-state index is 0.277. The Hall–Kier alpha value is -0.770. The molecule has 1 atom stereocenters. The van der Waals surface area contributed by atoms with E-state index in [2.05, 4.69) is 17.0 Å². The molecule has 0 saturated carbocycles. The van der Waals surface area contributed by atoms with Gasteiger partial charge in [0.2, 0.25) is 0 Å². The average molecular weight is 203 g/mol. The van der Waals surface area contributed by atoms with Crippen LogP contribution in [0.25, 0.3) is 0 Å². The van der Waals surface area contributed by atoms with Crippen LogP contribution in [0.2, 0.25) is 0 Å². The lowest BCUT2D eigenvalue weighted by Gasteiger charge is -2.10. The van der Waals surface area contributed by atoms with Crippen molar-refractivity contribution in [3.8, 4) is 0 Å². The number of rotatable bonds is 7. The second-order valence-corrected chi connectivity index (χ2v) is 3.38. The zero-order chi connectivity index (χ0) is 10.8. The molecule has 84 valence electrons. The highest BCUT2D eigenvalue weighted by Crippen LogP contribution is 2.04. The molecule has 0 aromatic rings. The first-order valence-corrected chi connectivity index (χ1v) is 5.20. The van der Waals surface area contributed by atoms with Crippen molar-refractivity contribution in [3.05, 3.63) is 0 Å². The van der Waals surface area contributed by atoms with Crippen LogP contribution in [0.5, 0.6) is 0 Å². The van der Waals surface area contributed by atoms with Crippen LogP contribution >= 0.6 is 0 Å². The average Bonchev–Trinajstić information content (AvgIpc) is 2.21. The Morgan fingerprint density at radius 1 is 1.43 bits per heavy atom. The smallest absolute Gasteiger partial charge is 0.406 e. The summed E-state index contributed by atoms with van der Waals surface area (Å²) in [7, 11) is 1.31. The van der Waals surface area contributed by atoms with Crippen LogP contribution in [0.15, 0.2) is 0 Å². The minimum atomic E-state index is -0.488. The highest BCUT2D eigenvalue weighted by Gasteiger charge is 2.05. The first kappa shape index (κ1) is 13.2. The number of hydrogen-bond donors (Lipinski definition) is 2. The van der Waals surface area contributed by atoms with Crippen molar-refractivity contribution in [1.82, 2.24) is 5.32 Å². The van der Waals surface area contributed by atoms with Gasteiger partial charge in [0, 0.05) is 6.54 Å². The molecule has 0 heterocycles. The number of aliphatic hydroxyl groups is 1. The van der Waals surface area contributed by atoms with Crippen molar-refractivity contribution in [2.24, 2.45) is 0 Å². The number of carbonyl (C=O) groups excluding carboxylic acids is 1. The summed E-state index contributed by atoms with van der Waals surface area (Å²) in [6, 6.07) is 0. The summed E-state index contributed by atoms with van der Waals surface area (Å²) in [6.45, 7) is 2.42. The summed E-state index contributed by atoms with van der Waals surface area (Å²) in [5.41, 5.74) is 0. The van der Waals surface area contributed by atoms with E-state index in [1.807, 2.05) is 0 Å². The van der Waals surface area contributed by atoms with Gasteiger partial charge in [0.05, 0.1) is 13.2 Å². The van der Waals surface area contributed by atoms with E-state index >= 15 is 0 Å². The van der Waals surface area contributed by atoms with E-state index in [9.17, 15) is 9.90 Å². The molecule has 4 nitrogen and oxygen atoms in total. The molecular weight excluding hydrogens is 182 g/mol. The van der Waals surface area contributed by atoms with Gasteiger partial charge in [-0.15, -0.1) is 0 Å². The molecule has 0 bridgehead atoms. The van der Waals surface area contributed by atoms with E-state index < -0.39 is 12.2 Å². The Labute approximate surface area is 85.6 Å². The topological polar surface area (TPSA) is 58.6 Å². The molecule has 0 radical (unpaired) electrons. The second-order valence-electron chi connectivity index (χ2n) is 3.38. The van der Waals surface area contributed by atoms with Crippen molar-refractivity contribution in [3.63, 3.8) is 0 Å². The molecule has 0 spiro atoms. The zero-order valence-electron chi connectivity index (χ0n) is 9.08. The quantitative estimate of drug-likeness (QED) is 0.619. The number of ether oxygens (including phenoxy) is 1. The van der Waals surface area contributed by atoms with Gasteiger partial charge in [0.25, 0.3) is 0 Å². The molecule has 0 aliphatic rings. The number of unbranched alkanes of at least 4 members (excludes halogenated alkanes) is 3. The predicted molar refractivity (Wildman–Crippen MR) is 55.2 cm³/mol. The molecule has 14 heavy (non-hydrogen) atoms. The Bertz CT molecular complexity index is 150. The van der Waals surface area contributed by atoms with Crippen LogP contribution in [0, 0.1) is 0 Å². The van der Waals surface area contributed by atoms with Crippen molar-refractivity contribution >= 4 is 6.09 Å². The van der Waals surface area contributed by atoms with Gasteiger partial charge in [-0.3, -0.25) is 0 Å². The maximum atomic E-state index is 10.6. The molecular formula is C10H21NO3. The third kappa shape index (κ3) is 7.86. The third-order valence-electron chi connectivity index (χ3n) is 2.06. The second kappa shape index (κ2) is 8.81. The Balaban J connectivity index is 3.27. The zero-order valence-corrected chi connectivity index (χ0v) is 9.08. The largest absolute Gasteiger partial charge is 0.453 e. The summed E-state index contributed by atoms with van der Waals surface area (Å²) in [6.07, 6.45) is 4.35. The lowest BCUT2D eigenvalue weighted by atomic mass is 10.1. The van der Waals surface area contributed by atoms with Gasteiger partial charge in [0.15, 0.2) is 0 Å². The van der Waals surface area contributed by atoms with Crippen LogP contribution in [0.4, 0.5) is 4.79 Å². The summed E-state index contributed by atoms with van der Waals surface area (Å²) in [4.78, 5) is 10.6. The molecule has 0 aliphatic carbocycles. The monoisotopic (exact) mass is 203 g/mol. The molecule has 0 aliphatic heterocycles. The summed E-state index contributed by atoms with van der Waals surface area (Å²) in [5, 5.41) is 11.9. The minimum Gasteiger partial charge on any atom is -0.453 e. The normalized spacial score (nSPS) is 12.2. The number of carbonyl (C=O) groups is 1. The summed E-state index contributed by atoms with van der Waals surface area (Å²) < 4.78 is 4.38. The van der Waals surface area contributed by atoms with Gasteiger partial charge in [-0.1, -0.05) is 32.6 Å². The summed E-state index contributed by atoms with van der Waals surface area (Å²) in [5.74, 6) is 0. The lowest BCUT2D eigenvalue weighted by Crippen LogP contribution is -2.31. The van der Waals surface area contributed by atoms with Gasteiger partial charge >= 0.3 is 6.09 Å². The molecule has 4 heteroatoms. The number of methoxy groups -OCH3 is 1. The van der Waals surface area contributed by atoms with Crippen LogP contribution in [-0.2, 0) is 4.74 Å². The van der Waals surface area contributed by atoms with Crippen molar-refractivity contribution in [2.75, 3.05) is 13.7 Å². The lowest BCUT2D eigenvalue weighted by molar-refractivity contribution is 0.139. The van der Waals surface area contributed by atoms with Gasteiger partial charge in [-0.25, -0.2) is 4.79 Å². The number of amides is 1. The fourth-order valence-corrected chi connectivity index (χ4v) is 1.18. The standard InChI is InChI=1S/C10H21NO3/c1-3-4-5-6-7-9(12)8-11-10(13)14-2/h9,12H,3-8H2,1-2H3,(H,11,13)/t9-/m0/s1. The van der Waals surface area contributed by atoms with E-state index in [4.69, 9.17) is 0 Å². The van der Waals surface area contributed by atoms with Crippen molar-refractivity contribution in [2.45, 2.75) is 45.1 Å². The van der Waals surface area contributed by atoms with Crippen LogP contribution in [0.3, 0.4) is 0 Å². The molecule has 0 saturated heterocycles. The highest BCUT2D eigenvalue weighted by molar-refractivity contribution is 5.66. The fraction of sp³-hybridized carbons (Fsp3) is 0.900. The summed E-state index contributed by atoms with van der Waals surface area (Å²) >= 11 is 0. The number of hydrogen-bond acceptors (Lipinski definition) is 3. The molecule has 0 rings (SSSR count). The fourth-order valence-electron chi connectivity index (χ4n) is 1.18. The van der Waals surface area contributed by atoms with E-state index in [0.29, 0.717) is 0 Å². The maximum absolute atomic E-state index is 10.6. The predicted octanol–water partition coefficient (Wildman–Crippen LogP) is 1.67. The first-order valence-electron chi connectivity index (χ1n) is 5.20. The van der Waals surface area contributed by atoms with Crippen LogP contribution < -0.4 is 5.32 Å². The molecule has 0 unspecified atom stereocenters. The van der Waals surface area contributed by atoms with E-state index in [-0.39, 0.29) is 6.54 Å². The number of alkyl carbamates (subject to hydrolysis) is 1. The van der Waals surface area contributed by atoms with Gasteiger partial charge in [-0.2, -0.15) is 0 Å². The third-order valence-corrected chi connectivity index (χ3v) is 2.06. The highest BCUT2D eigenvalue weighted by atomic mass is 16.5. The van der Waals surface area contributed by atoms with Gasteiger partial charge in [-0.05, 0) is 6.42 Å². The number of aliphatic hydroxyl groups excluding tert-OH is 1. The molecule has 1 amide bonds. The SMILES string of the molecule is CCCCCC[C@H](O)CNC(=O)OC. The maximum Gasteiger partial charge on any atom is 0.406 e. The van der Waals surface area contributed by atoms with E-state index in [1.54, 1.807) is 0 Å². The van der Waals surface area contributed by atoms with E-state index in [0.717, 1.165) is 19.3 Å². The Kier molecular flexibility index (Phi) is 8.33. The molecule has 0 aromatic carbocycles. The Morgan fingerprint density at radius 3 is 2.71 bits per heavy atom.